The van der Waals surface area contributed by atoms with Gasteiger partial charge >= 0.3 is 12.2 Å². The smallest absolute Gasteiger partial charge is 0.363 e. The van der Waals surface area contributed by atoms with Gasteiger partial charge < -0.3 is 15.7 Å². The van der Waals surface area contributed by atoms with Gasteiger partial charge in [-0.05, 0) is 24.3 Å². The van der Waals surface area contributed by atoms with Crippen molar-refractivity contribution >= 4 is 34.3 Å². The van der Waals surface area contributed by atoms with Crippen molar-refractivity contribution in [2.24, 2.45) is 5.92 Å². The van der Waals surface area contributed by atoms with Gasteiger partial charge in [0.25, 0.3) is 0 Å². The van der Waals surface area contributed by atoms with Crippen LogP contribution in [0.4, 0.5) is 18.0 Å². The number of rotatable bonds is 3. The van der Waals surface area contributed by atoms with Crippen molar-refractivity contribution in [2.75, 3.05) is 0 Å². The molecular weight excluding hydrogens is 437 g/mol. The largest absolute Gasteiger partial charge is 0.437 e. The molecule has 3 heterocycles. The minimum atomic E-state index is -5.37. The SMILES string of the molecule is O=C1N[C@H](c2cc3ccccc3nc2Cl)[C@H](C(=O)c2cccnc2)[C@](O)(C(F)(F)F)N1. The molecule has 1 saturated heterocycles. The number of carbonyl (C=O) groups excluding carboxylic acids is 2. The van der Waals surface area contributed by atoms with Gasteiger partial charge in [-0.25, -0.2) is 9.78 Å². The van der Waals surface area contributed by atoms with Crippen LogP contribution in [-0.2, 0) is 0 Å². The highest BCUT2D eigenvalue weighted by Crippen LogP contribution is 2.45. The number of aromatic nitrogens is 2. The van der Waals surface area contributed by atoms with Crippen LogP contribution in [0.2, 0.25) is 5.15 Å². The van der Waals surface area contributed by atoms with Crippen LogP contribution in [0.15, 0.2) is 54.9 Å². The van der Waals surface area contributed by atoms with Gasteiger partial charge in [0.2, 0.25) is 5.72 Å². The minimum Gasteiger partial charge on any atom is -0.363 e. The van der Waals surface area contributed by atoms with E-state index in [9.17, 15) is 27.9 Å². The van der Waals surface area contributed by atoms with Crippen molar-refractivity contribution in [3.63, 3.8) is 0 Å². The predicted molar refractivity (Wildman–Crippen MR) is 104 cm³/mol. The molecule has 0 spiro atoms. The molecule has 1 aromatic carbocycles. The van der Waals surface area contributed by atoms with E-state index in [1.807, 2.05) is 0 Å². The molecule has 3 aromatic rings. The summed E-state index contributed by atoms with van der Waals surface area (Å²) in [6, 6.07) is 7.81. The Labute approximate surface area is 178 Å². The van der Waals surface area contributed by atoms with Crippen molar-refractivity contribution in [2.45, 2.75) is 17.9 Å². The number of Topliss-reactive ketones (excluding diaryl/α,β-unsaturated/α-hetero) is 1. The summed E-state index contributed by atoms with van der Waals surface area (Å²) >= 11 is 6.24. The molecule has 0 unspecified atom stereocenters. The summed E-state index contributed by atoms with van der Waals surface area (Å²) in [7, 11) is 0. The maximum atomic E-state index is 14.0. The molecule has 160 valence electrons. The fourth-order valence-corrected chi connectivity index (χ4v) is 3.88. The average Bonchev–Trinajstić information content (AvgIpc) is 2.72. The highest BCUT2D eigenvalue weighted by molar-refractivity contribution is 6.30. The Balaban J connectivity index is 1.93. The summed E-state index contributed by atoms with van der Waals surface area (Å²) in [6.45, 7) is 0. The molecule has 1 fully saturated rings. The third-order valence-electron chi connectivity index (χ3n) is 5.07. The molecule has 0 radical (unpaired) electrons. The lowest BCUT2D eigenvalue weighted by atomic mass is 9.77. The number of carbonyl (C=O) groups is 2. The molecule has 2 aromatic heterocycles. The number of alkyl halides is 3. The van der Waals surface area contributed by atoms with Crippen molar-refractivity contribution in [1.29, 1.82) is 0 Å². The number of benzene rings is 1. The number of nitrogens with zero attached hydrogens (tertiary/aromatic N) is 2. The van der Waals surface area contributed by atoms with Crippen LogP contribution in [-0.4, -0.2) is 38.8 Å². The van der Waals surface area contributed by atoms with E-state index in [0.717, 1.165) is 6.20 Å². The highest BCUT2D eigenvalue weighted by atomic mass is 35.5. The average molecular weight is 451 g/mol. The second kappa shape index (κ2) is 7.47. The van der Waals surface area contributed by atoms with Gasteiger partial charge in [0.1, 0.15) is 11.1 Å². The quantitative estimate of drug-likeness (QED) is 0.419. The Morgan fingerprint density at radius 3 is 2.61 bits per heavy atom. The van der Waals surface area contributed by atoms with E-state index in [1.165, 1.54) is 29.7 Å². The molecule has 2 amide bonds. The maximum absolute atomic E-state index is 14.0. The van der Waals surface area contributed by atoms with Gasteiger partial charge in [0.15, 0.2) is 5.78 Å². The van der Waals surface area contributed by atoms with Crippen LogP contribution in [0.25, 0.3) is 10.9 Å². The second-order valence-electron chi connectivity index (χ2n) is 6.99. The predicted octanol–water partition coefficient (Wildman–Crippen LogP) is 3.39. The van der Waals surface area contributed by atoms with Crippen LogP contribution in [0.1, 0.15) is 22.0 Å². The van der Waals surface area contributed by atoms with Gasteiger partial charge in [0, 0.05) is 28.9 Å². The fraction of sp³-hybridized carbons (Fsp3) is 0.200. The third-order valence-corrected chi connectivity index (χ3v) is 5.38. The third kappa shape index (κ3) is 3.57. The van der Waals surface area contributed by atoms with E-state index in [4.69, 9.17) is 11.6 Å². The first kappa shape index (κ1) is 21.0. The number of para-hydroxylation sites is 1. The van der Waals surface area contributed by atoms with Crippen molar-refractivity contribution in [3.8, 4) is 0 Å². The molecule has 31 heavy (non-hydrogen) atoms. The number of pyridine rings is 2. The van der Waals surface area contributed by atoms with E-state index in [1.54, 1.807) is 24.3 Å². The van der Waals surface area contributed by atoms with E-state index in [0.29, 0.717) is 10.9 Å². The number of ketones is 1. The molecule has 11 heteroatoms. The van der Waals surface area contributed by atoms with Gasteiger partial charge in [0.05, 0.1) is 11.6 Å². The molecule has 3 atom stereocenters. The molecule has 1 aliphatic rings. The molecular formula is C20H14ClF3N4O3. The number of hydrogen-bond acceptors (Lipinski definition) is 5. The lowest BCUT2D eigenvalue weighted by molar-refractivity contribution is -0.287. The molecule has 0 aliphatic carbocycles. The summed E-state index contributed by atoms with van der Waals surface area (Å²) in [6.07, 6.45) is -2.95. The first-order valence-electron chi connectivity index (χ1n) is 8.99. The van der Waals surface area contributed by atoms with Gasteiger partial charge in [-0.2, -0.15) is 13.2 Å². The summed E-state index contributed by atoms with van der Waals surface area (Å²) in [5, 5.41) is 14.7. The zero-order valence-electron chi connectivity index (χ0n) is 15.5. The first-order valence-corrected chi connectivity index (χ1v) is 9.37. The van der Waals surface area contributed by atoms with E-state index >= 15 is 0 Å². The number of aliphatic hydroxyl groups is 1. The minimum absolute atomic E-state index is 0.0415. The van der Waals surface area contributed by atoms with Gasteiger partial charge in [-0.1, -0.05) is 29.8 Å². The number of fused-ring (bicyclic) bond motifs is 1. The lowest BCUT2D eigenvalue weighted by Gasteiger charge is -2.45. The number of urea groups is 1. The fourth-order valence-electron chi connectivity index (χ4n) is 3.61. The molecule has 0 bridgehead atoms. The second-order valence-corrected chi connectivity index (χ2v) is 7.34. The standard InChI is InChI=1S/C20H14ClF3N4O3/c21-17-12(8-10-4-1-2-6-13(10)26-17)15-14(16(29)11-5-3-7-25-9-11)19(31,20(22,23)24)28-18(30)27-15/h1-9,14-15,31H,(H2,27,28,30)/t14-,15-,19+/m1/s1. The summed E-state index contributed by atoms with van der Waals surface area (Å²) < 4.78 is 41.9. The monoisotopic (exact) mass is 450 g/mol. The number of amides is 2. The van der Waals surface area contributed by atoms with E-state index in [-0.39, 0.29) is 16.3 Å². The van der Waals surface area contributed by atoms with Crippen molar-refractivity contribution < 1.29 is 27.9 Å². The van der Waals surface area contributed by atoms with Gasteiger partial charge in [-0.15, -0.1) is 0 Å². The Morgan fingerprint density at radius 2 is 1.94 bits per heavy atom. The zero-order valence-corrected chi connectivity index (χ0v) is 16.3. The van der Waals surface area contributed by atoms with Crippen LogP contribution in [0, 0.1) is 5.92 Å². The summed E-state index contributed by atoms with van der Waals surface area (Å²) in [5.41, 5.74) is -3.61. The Hall–Kier alpha value is -3.24. The Bertz CT molecular complexity index is 1180. The zero-order chi connectivity index (χ0) is 22.4. The molecule has 4 rings (SSSR count). The van der Waals surface area contributed by atoms with Crippen LogP contribution >= 0.6 is 11.6 Å². The normalized spacial score (nSPS) is 23.8. The Morgan fingerprint density at radius 1 is 1.19 bits per heavy atom. The molecule has 1 aliphatic heterocycles. The molecule has 0 saturated carbocycles. The highest BCUT2D eigenvalue weighted by Gasteiger charge is 2.66. The number of nitrogens with one attached hydrogen (secondary N) is 2. The lowest BCUT2D eigenvalue weighted by Crippen LogP contribution is -2.72. The first-order chi connectivity index (χ1) is 14.6. The van der Waals surface area contributed by atoms with E-state index in [2.05, 4.69) is 15.3 Å². The summed E-state index contributed by atoms with van der Waals surface area (Å²) in [4.78, 5) is 33.2. The van der Waals surface area contributed by atoms with Crippen LogP contribution < -0.4 is 10.6 Å². The number of halogens is 4. The molecule has 7 nitrogen and oxygen atoms in total. The topological polar surface area (TPSA) is 104 Å². The van der Waals surface area contributed by atoms with E-state index < -0.39 is 35.7 Å². The maximum Gasteiger partial charge on any atom is 0.437 e. The van der Waals surface area contributed by atoms with Gasteiger partial charge in [-0.3, -0.25) is 9.78 Å². The Kier molecular flexibility index (Phi) is 5.06. The van der Waals surface area contributed by atoms with Crippen LogP contribution in [0.3, 0.4) is 0 Å². The number of hydrogen-bond donors (Lipinski definition) is 3. The van der Waals surface area contributed by atoms with Crippen molar-refractivity contribution in [1.82, 2.24) is 20.6 Å². The van der Waals surface area contributed by atoms with Crippen molar-refractivity contribution in [3.05, 3.63) is 71.1 Å². The summed E-state index contributed by atoms with van der Waals surface area (Å²) in [5.74, 6) is -3.30. The molecule has 3 N–H and O–H groups in total. The van der Waals surface area contributed by atoms with Crippen LogP contribution in [0.5, 0.6) is 0 Å².